The Labute approximate surface area is 155 Å². The zero-order chi connectivity index (χ0) is 10.4. The standard InChI is InChI=1S/C14H22.9CH4/c1-4-6-7-13(5-2)14-10-8-12(3)9-11-14;;;;;;;;;/h8-11,13H,4-7H2,1-3H3;9*1H4. The fourth-order valence-corrected chi connectivity index (χ4v) is 1.90. The average Bonchev–Trinajstić information content (AvgIpc) is 2.21. The van der Waals surface area contributed by atoms with Crippen LogP contribution in [0, 0.1) is 6.92 Å². The third kappa shape index (κ3) is 21.2. The molecule has 1 unspecified atom stereocenters. The molecule has 0 heteroatoms. The third-order valence-corrected chi connectivity index (χ3v) is 2.95. The fourth-order valence-electron chi connectivity index (χ4n) is 1.90. The minimum atomic E-state index is 0. The Kier molecular flexibility index (Phi) is 82.1. The lowest BCUT2D eigenvalue weighted by Gasteiger charge is -2.14. The molecule has 1 aromatic carbocycles. The summed E-state index contributed by atoms with van der Waals surface area (Å²) in [5, 5.41) is 0. The van der Waals surface area contributed by atoms with E-state index in [9.17, 15) is 0 Å². The van der Waals surface area contributed by atoms with Gasteiger partial charge in [0.05, 0.1) is 0 Å². The van der Waals surface area contributed by atoms with Crippen molar-refractivity contribution in [3.05, 3.63) is 35.4 Å². The quantitative estimate of drug-likeness (QED) is 0.502. The maximum absolute atomic E-state index is 2.29. The van der Waals surface area contributed by atoms with E-state index in [2.05, 4.69) is 45.0 Å². The molecular weight excluding hydrogens is 276 g/mol. The van der Waals surface area contributed by atoms with Crippen molar-refractivity contribution in [2.75, 3.05) is 0 Å². The molecule has 0 N–H and O–H groups in total. The minimum Gasteiger partial charge on any atom is -0.0776 e. The molecule has 0 spiro atoms. The molecule has 0 aliphatic carbocycles. The van der Waals surface area contributed by atoms with Crippen LogP contribution in [0.4, 0.5) is 0 Å². The molecule has 23 heavy (non-hydrogen) atoms. The molecule has 1 atom stereocenters. The Morgan fingerprint density at radius 3 is 1.39 bits per heavy atom. The van der Waals surface area contributed by atoms with E-state index in [1.54, 1.807) is 0 Å². The van der Waals surface area contributed by atoms with E-state index >= 15 is 0 Å². The van der Waals surface area contributed by atoms with Crippen LogP contribution in [-0.4, -0.2) is 0 Å². The van der Waals surface area contributed by atoms with E-state index in [4.69, 9.17) is 0 Å². The van der Waals surface area contributed by atoms with E-state index < -0.39 is 0 Å². The summed E-state index contributed by atoms with van der Waals surface area (Å²) in [4.78, 5) is 0. The SMILES string of the molecule is C.C.C.C.C.C.C.C.C.CCCCC(CC)c1ccc(C)cc1. The number of benzene rings is 1. The van der Waals surface area contributed by atoms with Gasteiger partial charge in [-0.1, -0.05) is 123 Å². The molecular formula is C23H58. The Bertz CT molecular complexity index is 245. The molecule has 0 heterocycles. The maximum atomic E-state index is 2.29. The zero-order valence-electron chi connectivity index (χ0n) is 9.72. The number of unbranched alkanes of at least 4 members (excludes halogenated alkanes) is 1. The first-order valence-electron chi connectivity index (χ1n) is 5.84. The van der Waals surface area contributed by atoms with E-state index in [1.807, 2.05) is 0 Å². The van der Waals surface area contributed by atoms with Crippen molar-refractivity contribution in [1.82, 2.24) is 0 Å². The van der Waals surface area contributed by atoms with Gasteiger partial charge in [0.2, 0.25) is 0 Å². The van der Waals surface area contributed by atoms with Crippen molar-refractivity contribution >= 4 is 0 Å². The molecule has 0 radical (unpaired) electrons. The average molecular weight is 335 g/mol. The van der Waals surface area contributed by atoms with Crippen molar-refractivity contribution < 1.29 is 0 Å². The normalized spacial score (nSPS) is 7.78. The van der Waals surface area contributed by atoms with Crippen LogP contribution < -0.4 is 0 Å². The lowest BCUT2D eigenvalue weighted by molar-refractivity contribution is 0.569. The maximum Gasteiger partial charge on any atom is -0.0165 e. The van der Waals surface area contributed by atoms with Crippen molar-refractivity contribution in [3.63, 3.8) is 0 Å². The van der Waals surface area contributed by atoms with E-state index in [1.165, 1.54) is 36.8 Å². The van der Waals surface area contributed by atoms with Crippen molar-refractivity contribution in [2.24, 2.45) is 0 Å². The van der Waals surface area contributed by atoms with Gasteiger partial charge in [0.15, 0.2) is 0 Å². The molecule has 0 amide bonds. The number of rotatable bonds is 5. The molecule has 150 valence electrons. The lowest BCUT2D eigenvalue weighted by atomic mass is 9.91. The van der Waals surface area contributed by atoms with Crippen LogP contribution in [0.25, 0.3) is 0 Å². The predicted molar refractivity (Wildman–Crippen MR) is 124 cm³/mol. The molecule has 0 aromatic heterocycles. The van der Waals surface area contributed by atoms with Gasteiger partial charge in [0.25, 0.3) is 0 Å². The first kappa shape index (κ1) is 57.2. The molecule has 0 aliphatic heterocycles. The largest absolute Gasteiger partial charge is 0.0776 e. The minimum absolute atomic E-state index is 0. The van der Waals surface area contributed by atoms with Crippen LogP contribution in [0.2, 0.25) is 0 Å². The highest BCUT2D eigenvalue weighted by Crippen LogP contribution is 2.25. The second-order valence-corrected chi connectivity index (χ2v) is 4.16. The van der Waals surface area contributed by atoms with Gasteiger partial charge in [-0.25, -0.2) is 0 Å². The van der Waals surface area contributed by atoms with Gasteiger partial charge in [0, 0.05) is 0 Å². The highest BCUT2D eigenvalue weighted by molar-refractivity contribution is 5.24. The van der Waals surface area contributed by atoms with Gasteiger partial charge in [0.1, 0.15) is 0 Å². The van der Waals surface area contributed by atoms with Crippen molar-refractivity contribution in [2.45, 2.75) is 119 Å². The van der Waals surface area contributed by atoms with Crippen LogP contribution in [0.1, 0.15) is 123 Å². The molecule has 0 saturated carbocycles. The van der Waals surface area contributed by atoms with Gasteiger partial charge in [-0.05, 0) is 31.2 Å². The summed E-state index contributed by atoms with van der Waals surface area (Å²) in [6.45, 7) is 6.71. The topological polar surface area (TPSA) is 0 Å². The van der Waals surface area contributed by atoms with Gasteiger partial charge >= 0.3 is 0 Å². The third-order valence-electron chi connectivity index (χ3n) is 2.95. The van der Waals surface area contributed by atoms with Crippen LogP contribution in [-0.2, 0) is 0 Å². The molecule has 0 bridgehead atoms. The summed E-state index contributed by atoms with van der Waals surface area (Å²) in [6, 6.07) is 9.03. The number of hydrogen-bond acceptors (Lipinski definition) is 0. The highest BCUT2D eigenvalue weighted by Gasteiger charge is 2.07. The monoisotopic (exact) mass is 334 g/mol. The van der Waals surface area contributed by atoms with Crippen LogP contribution >= 0.6 is 0 Å². The molecule has 0 saturated heterocycles. The first-order valence-corrected chi connectivity index (χ1v) is 5.84. The molecule has 1 aromatic rings. The predicted octanol–water partition coefficient (Wildman–Crippen LogP) is 10.4. The van der Waals surface area contributed by atoms with E-state index in [0.717, 1.165) is 5.92 Å². The summed E-state index contributed by atoms with van der Waals surface area (Å²) in [6.07, 6.45) is 5.27. The van der Waals surface area contributed by atoms with Crippen LogP contribution in [0.3, 0.4) is 0 Å². The Hall–Kier alpha value is -0.780. The molecule has 0 aliphatic rings. The first-order chi connectivity index (χ1) is 6.77. The van der Waals surface area contributed by atoms with Crippen LogP contribution in [0.15, 0.2) is 24.3 Å². The van der Waals surface area contributed by atoms with Gasteiger partial charge < -0.3 is 0 Å². The summed E-state index contributed by atoms with van der Waals surface area (Å²) >= 11 is 0. The van der Waals surface area contributed by atoms with Gasteiger partial charge in [-0.2, -0.15) is 0 Å². The Balaban J connectivity index is -0.0000000311. The van der Waals surface area contributed by atoms with Crippen molar-refractivity contribution in [1.29, 1.82) is 0 Å². The second-order valence-electron chi connectivity index (χ2n) is 4.16. The van der Waals surface area contributed by atoms with Gasteiger partial charge in [-0.3, -0.25) is 0 Å². The number of aryl methyl sites for hydroxylation is 1. The fraction of sp³-hybridized carbons (Fsp3) is 0.739. The summed E-state index contributed by atoms with van der Waals surface area (Å²) in [7, 11) is 0. The lowest BCUT2D eigenvalue weighted by Crippen LogP contribution is -1.97. The molecule has 0 fully saturated rings. The number of hydrogen-bond donors (Lipinski definition) is 0. The molecule has 0 nitrogen and oxygen atoms in total. The highest BCUT2D eigenvalue weighted by atomic mass is 14.1. The summed E-state index contributed by atoms with van der Waals surface area (Å²) in [5.74, 6) is 0.774. The van der Waals surface area contributed by atoms with E-state index in [0.29, 0.717) is 0 Å². The Morgan fingerprint density at radius 2 is 1.09 bits per heavy atom. The van der Waals surface area contributed by atoms with Crippen molar-refractivity contribution in [3.8, 4) is 0 Å². The Morgan fingerprint density at radius 1 is 0.696 bits per heavy atom. The summed E-state index contributed by atoms with van der Waals surface area (Å²) < 4.78 is 0. The zero-order valence-corrected chi connectivity index (χ0v) is 9.72. The van der Waals surface area contributed by atoms with Gasteiger partial charge in [-0.15, -0.1) is 0 Å². The van der Waals surface area contributed by atoms with Crippen LogP contribution in [0.5, 0.6) is 0 Å². The smallest absolute Gasteiger partial charge is 0.0165 e. The second kappa shape index (κ2) is 33.0. The van der Waals surface area contributed by atoms with E-state index in [-0.39, 0.29) is 66.8 Å². The molecule has 1 rings (SSSR count). The summed E-state index contributed by atoms with van der Waals surface area (Å²) in [5.41, 5.74) is 2.88.